The van der Waals surface area contributed by atoms with Crippen molar-refractivity contribution >= 4 is 23.3 Å². The zero-order valence-corrected chi connectivity index (χ0v) is 13.6. The second-order valence-electron chi connectivity index (χ2n) is 5.34. The summed E-state index contributed by atoms with van der Waals surface area (Å²) in [7, 11) is 0. The monoisotopic (exact) mass is 347 g/mol. The van der Waals surface area contributed by atoms with Crippen molar-refractivity contribution in [3.63, 3.8) is 0 Å². The van der Waals surface area contributed by atoms with Crippen LogP contribution in [0.4, 0.5) is 14.5 Å². The van der Waals surface area contributed by atoms with E-state index in [0.717, 1.165) is 12.1 Å². The minimum absolute atomic E-state index is 0.0441. The second-order valence-corrected chi connectivity index (χ2v) is 5.34. The van der Waals surface area contributed by atoms with Gasteiger partial charge in [0.25, 0.3) is 0 Å². The smallest absolute Gasteiger partial charge is 0.338 e. The largest absolute Gasteiger partial charge is 0.454 e. The molecule has 2 aromatic rings. The fraction of sp³-hybridized carbons (Fsp3) is 0.167. The lowest BCUT2D eigenvalue weighted by Gasteiger charge is -2.07. The van der Waals surface area contributed by atoms with Gasteiger partial charge in [0.2, 0.25) is 11.7 Å². The van der Waals surface area contributed by atoms with Crippen LogP contribution in [-0.4, -0.2) is 24.3 Å². The van der Waals surface area contributed by atoms with Gasteiger partial charge in [0.1, 0.15) is 11.6 Å². The number of halogens is 2. The van der Waals surface area contributed by atoms with E-state index in [1.165, 1.54) is 31.2 Å². The molecule has 0 saturated heterocycles. The fourth-order valence-electron chi connectivity index (χ4n) is 2.03. The van der Waals surface area contributed by atoms with E-state index in [2.05, 4.69) is 5.32 Å². The summed E-state index contributed by atoms with van der Waals surface area (Å²) in [5.41, 5.74) is 0.247. The van der Waals surface area contributed by atoms with Gasteiger partial charge in [0.15, 0.2) is 6.61 Å². The summed E-state index contributed by atoms with van der Waals surface area (Å²) in [6.45, 7) is 2.12. The third-order valence-electron chi connectivity index (χ3n) is 3.33. The van der Waals surface area contributed by atoms with Crippen molar-refractivity contribution in [3.05, 3.63) is 64.7 Å². The SMILES string of the molecule is CC(=O)Nc1ccc(C(=O)COC(=O)c2ccc(C)c(F)c2)c(F)c1. The molecule has 0 bridgehead atoms. The summed E-state index contributed by atoms with van der Waals surface area (Å²) in [5.74, 6) is -3.44. The number of ether oxygens (including phenoxy) is 1. The lowest BCUT2D eigenvalue weighted by molar-refractivity contribution is -0.114. The number of hydrogen-bond acceptors (Lipinski definition) is 4. The Labute approximate surface area is 142 Å². The van der Waals surface area contributed by atoms with Gasteiger partial charge in [-0.05, 0) is 42.8 Å². The zero-order valence-electron chi connectivity index (χ0n) is 13.6. The number of amides is 1. The van der Waals surface area contributed by atoms with Gasteiger partial charge in [0, 0.05) is 12.6 Å². The van der Waals surface area contributed by atoms with Gasteiger partial charge >= 0.3 is 5.97 Å². The molecule has 7 heteroatoms. The molecule has 1 amide bonds. The molecule has 1 N–H and O–H groups in total. The Kier molecular flexibility index (Phi) is 5.59. The molecule has 0 atom stereocenters. The first-order valence-corrected chi connectivity index (χ1v) is 7.31. The third kappa shape index (κ3) is 4.69. The minimum Gasteiger partial charge on any atom is -0.454 e. The first-order chi connectivity index (χ1) is 11.8. The second kappa shape index (κ2) is 7.65. The quantitative estimate of drug-likeness (QED) is 0.665. The van der Waals surface area contributed by atoms with Crippen molar-refractivity contribution in [3.8, 4) is 0 Å². The van der Waals surface area contributed by atoms with Crippen LogP contribution in [0.5, 0.6) is 0 Å². The number of rotatable bonds is 5. The molecule has 0 saturated carbocycles. The van der Waals surface area contributed by atoms with Gasteiger partial charge in [-0.1, -0.05) is 6.07 Å². The number of anilines is 1. The summed E-state index contributed by atoms with van der Waals surface area (Å²) < 4.78 is 32.2. The zero-order chi connectivity index (χ0) is 18.6. The topological polar surface area (TPSA) is 72.5 Å². The minimum atomic E-state index is -0.887. The lowest BCUT2D eigenvalue weighted by Crippen LogP contribution is -2.16. The van der Waals surface area contributed by atoms with Crippen LogP contribution in [0.25, 0.3) is 0 Å². The number of benzene rings is 2. The number of carbonyl (C=O) groups excluding carboxylic acids is 3. The summed E-state index contributed by atoms with van der Waals surface area (Å²) in [6.07, 6.45) is 0. The van der Waals surface area contributed by atoms with E-state index in [0.29, 0.717) is 5.56 Å². The number of nitrogens with one attached hydrogen (secondary N) is 1. The molecule has 2 aromatic carbocycles. The molecule has 0 aromatic heterocycles. The van der Waals surface area contributed by atoms with Crippen LogP contribution in [0.15, 0.2) is 36.4 Å². The van der Waals surface area contributed by atoms with Gasteiger partial charge < -0.3 is 10.1 Å². The molecule has 0 heterocycles. The summed E-state index contributed by atoms with van der Waals surface area (Å²) in [6, 6.07) is 7.32. The van der Waals surface area contributed by atoms with Gasteiger partial charge in [-0.25, -0.2) is 13.6 Å². The highest BCUT2D eigenvalue weighted by molar-refractivity contribution is 6.00. The predicted molar refractivity (Wildman–Crippen MR) is 86.5 cm³/mol. The van der Waals surface area contributed by atoms with Crippen LogP contribution in [0.2, 0.25) is 0 Å². The number of carbonyl (C=O) groups is 3. The highest BCUT2D eigenvalue weighted by Crippen LogP contribution is 2.16. The van der Waals surface area contributed by atoms with Crippen LogP contribution >= 0.6 is 0 Å². The number of Topliss-reactive ketones (excluding diaryl/α,β-unsaturated/α-hetero) is 1. The molecule has 2 rings (SSSR count). The van der Waals surface area contributed by atoms with E-state index < -0.39 is 30.0 Å². The maximum Gasteiger partial charge on any atom is 0.338 e. The van der Waals surface area contributed by atoms with Crippen LogP contribution in [-0.2, 0) is 9.53 Å². The number of hydrogen-bond donors (Lipinski definition) is 1. The van der Waals surface area contributed by atoms with Crippen LogP contribution in [0.3, 0.4) is 0 Å². The number of aryl methyl sites for hydroxylation is 1. The Morgan fingerprint density at radius 2 is 1.76 bits per heavy atom. The number of ketones is 1. The molecule has 0 aliphatic heterocycles. The Balaban J connectivity index is 2.03. The Hall–Kier alpha value is -3.09. The Morgan fingerprint density at radius 3 is 2.36 bits per heavy atom. The predicted octanol–water partition coefficient (Wildman–Crippen LogP) is 3.27. The van der Waals surface area contributed by atoms with E-state index in [1.54, 1.807) is 6.92 Å². The molecule has 0 aliphatic carbocycles. The van der Waals surface area contributed by atoms with Crippen LogP contribution in [0, 0.1) is 18.6 Å². The highest BCUT2D eigenvalue weighted by atomic mass is 19.1. The lowest BCUT2D eigenvalue weighted by atomic mass is 10.1. The first kappa shape index (κ1) is 18.3. The van der Waals surface area contributed by atoms with Crippen molar-refractivity contribution in [2.45, 2.75) is 13.8 Å². The molecule has 25 heavy (non-hydrogen) atoms. The van der Waals surface area contributed by atoms with Gasteiger partial charge in [0.05, 0.1) is 11.1 Å². The summed E-state index contributed by atoms with van der Waals surface area (Å²) >= 11 is 0. The molecule has 5 nitrogen and oxygen atoms in total. The average molecular weight is 347 g/mol. The van der Waals surface area contributed by atoms with Gasteiger partial charge in [-0.3, -0.25) is 9.59 Å². The third-order valence-corrected chi connectivity index (χ3v) is 3.33. The maximum absolute atomic E-state index is 13.9. The standard InChI is InChI=1S/C18H15F2NO4/c1-10-3-4-12(7-15(10)19)18(24)25-9-17(23)14-6-5-13(8-16(14)20)21-11(2)22/h3-8H,9H2,1-2H3,(H,21,22). The molecule has 0 unspecified atom stereocenters. The molecule has 0 spiro atoms. The van der Waals surface area contributed by atoms with Gasteiger partial charge in [-0.2, -0.15) is 0 Å². The molecule has 0 radical (unpaired) electrons. The molecule has 0 fully saturated rings. The van der Waals surface area contributed by atoms with E-state index in [1.807, 2.05) is 0 Å². The number of esters is 1. The average Bonchev–Trinajstić information content (AvgIpc) is 2.54. The van der Waals surface area contributed by atoms with E-state index in [4.69, 9.17) is 4.74 Å². The molecular formula is C18H15F2NO4. The molecule has 0 aliphatic rings. The van der Waals surface area contributed by atoms with E-state index in [-0.39, 0.29) is 22.7 Å². The fourth-order valence-corrected chi connectivity index (χ4v) is 2.03. The van der Waals surface area contributed by atoms with Gasteiger partial charge in [-0.15, -0.1) is 0 Å². The normalized spacial score (nSPS) is 10.2. The van der Waals surface area contributed by atoms with Crippen molar-refractivity contribution < 1.29 is 27.9 Å². The van der Waals surface area contributed by atoms with E-state index >= 15 is 0 Å². The first-order valence-electron chi connectivity index (χ1n) is 7.31. The highest BCUT2D eigenvalue weighted by Gasteiger charge is 2.16. The van der Waals surface area contributed by atoms with Crippen LogP contribution < -0.4 is 5.32 Å². The Morgan fingerprint density at radius 1 is 1.04 bits per heavy atom. The van der Waals surface area contributed by atoms with Crippen LogP contribution in [0.1, 0.15) is 33.2 Å². The van der Waals surface area contributed by atoms with Crippen molar-refractivity contribution in [1.29, 1.82) is 0 Å². The maximum atomic E-state index is 13.9. The summed E-state index contributed by atoms with van der Waals surface area (Å²) in [5, 5.41) is 2.38. The van der Waals surface area contributed by atoms with Crippen molar-refractivity contribution in [2.75, 3.05) is 11.9 Å². The van der Waals surface area contributed by atoms with Crippen molar-refractivity contribution in [2.24, 2.45) is 0 Å². The van der Waals surface area contributed by atoms with E-state index in [9.17, 15) is 23.2 Å². The summed E-state index contributed by atoms with van der Waals surface area (Å²) in [4.78, 5) is 34.7. The van der Waals surface area contributed by atoms with Crippen molar-refractivity contribution in [1.82, 2.24) is 0 Å². The molecular weight excluding hydrogens is 332 g/mol. The Bertz CT molecular complexity index is 849. The molecule has 130 valence electrons.